The lowest BCUT2D eigenvalue weighted by molar-refractivity contribution is -0.134. The van der Waals surface area contributed by atoms with E-state index in [0.29, 0.717) is 40.8 Å². The number of pyridine rings is 1. The van der Waals surface area contributed by atoms with E-state index >= 15 is 0 Å². The average Bonchev–Trinajstić information content (AvgIpc) is 3.72. The zero-order chi connectivity index (χ0) is 45.4. The lowest BCUT2D eigenvalue weighted by Crippen LogP contribution is -2.53. The molecule has 3 aromatic carbocycles. The Morgan fingerprint density at radius 3 is 2.45 bits per heavy atom. The van der Waals surface area contributed by atoms with Gasteiger partial charge in [0.1, 0.15) is 23.7 Å². The first-order valence-corrected chi connectivity index (χ1v) is 26.7. The van der Waals surface area contributed by atoms with Crippen molar-refractivity contribution in [3.8, 4) is 5.75 Å². The molecular formula is C48H56BrN10O4PS. The van der Waals surface area contributed by atoms with Gasteiger partial charge in [0.15, 0.2) is 0 Å². The lowest BCUT2D eigenvalue weighted by atomic mass is 9.99. The van der Waals surface area contributed by atoms with E-state index in [4.69, 9.17) is 14.7 Å². The third-order valence-electron chi connectivity index (χ3n) is 13.0. The highest BCUT2D eigenvalue weighted by molar-refractivity contribution is 9.10. The van der Waals surface area contributed by atoms with Crippen molar-refractivity contribution in [3.63, 3.8) is 0 Å². The minimum Gasteiger partial charge on any atom is -0.494 e. The number of carbonyl (C=O) groups is 2. The summed E-state index contributed by atoms with van der Waals surface area (Å²) in [6, 6.07) is 19.2. The quantitative estimate of drug-likeness (QED) is 0.0750. The maximum absolute atomic E-state index is 13.7. The van der Waals surface area contributed by atoms with E-state index in [1.54, 1.807) is 38.0 Å². The molecule has 65 heavy (non-hydrogen) atoms. The van der Waals surface area contributed by atoms with Crippen LogP contribution in [-0.2, 0) is 27.0 Å². The number of fused-ring (bicyclic) bond motifs is 2. The van der Waals surface area contributed by atoms with Crippen molar-refractivity contribution in [1.82, 2.24) is 35.1 Å². The highest BCUT2D eigenvalue weighted by atomic mass is 79.9. The van der Waals surface area contributed by atoms with Gasteiger partial charge in [0, 0.05) is 92.6 Å². The Morgan fingerprint density at radius 2 is 1.71 bits per heavy atom. The minimum atomic E-state index is -2.72. The Morgan fingerprint density at radius 1 is 0.908 bits per heavy atom. The number of imide groups is 1. The topological polar surface area (TPSA) is 158 Å². The van der Waals surface area contributed by atoms with Gasteiger partial charge in [0.05, 0.1) is 44.6 Å². The van der Waals surface area contributed by atoms with E-state index in [1.165, 1.54) is 16.8 Å². The molecule has 1 atom stereocenters. The molecule has 3 fully saturated rings. The molecule has 0 saturated carbocycles. The van der Waals surface area contributed by atoms with Gasteiger partial charge in [-0.05, 0) is 116 Å². The number of anilines is 5. The number of nitrogens with zero attached hydrogens (tertiary/aromatic N) is 7. The number of carbonyl (C=O) groups excluding carboxylic acids is 2. The number of halogens is 1. The van der Waals surface area contributed by atoms with Gasteiger partial charge in [-0.1, -0.05) is 19.1 Å². The second-order valence-corrected chi connectivity index (χ2v) is 22.8. The summed E-state index contributed by atoms with van der Waals surface area (Å²) in [6.45, 7) is 15.0. The summed E-state index contributed by atoms with van der Waals surface area (Å²) in [5.41, 5.74) is 7.85. The van der Waals surface area contributed by atoms with Crippen molar-refractivity contribution in [3.05, 3.63) is 87.1 Å². The number of piperazine rings is 1. The molecule has 6 aromatic rings. The van der Waals surface area contributed by atoms with Crippen molar-refractivity contribution in [2.45, 2.75) is 64.3 Å². The molecule has 3 aromatic heterocycles. The van der Waals surface area contributed by atoms with E-state index in [2.05, 4.69) is 93.8 Å². The second kappa shape index (κ2) is 19.1. The van der Waals surface area contributed by atoms with E-state index < -0.39 is 7.14 Å². The summed E-state index contributed by atoms with van der Waals surface area (Å²) in [7, 11) is -1.02. The zero-order valence-corrected chi connectivity index (χ0v) is 40.9. The van der Waals surface area contributed by atoms with Crippen LogP contribution in [0.5, 0.6) is 5.75 Å². The SMILES string of the molecule is CCc1cc(Nc2ncc(Br)c(Nc3ccc4nc(C)ccc4c3P(C)(C)=O)n2)c(OC)cc1N1CCC(N2CCN(CCc3ccc4sc(C5CCC(=O)NC5=O)nc4c3)CC2)CC1. The van der Waals surface area contributed by atoms with Crippen LogP contribution in [0.15, 0.2) is 65.3 Å². The number of methoxy groups -OCH3 is 1. The van der Waals surface area contributed by atoms with Gasteiger partial charge in [-0.15, -0.1) is 11.3 Å². The Kier molecular flexibility index (Phi) is 13.3. The van der Waals surface area contributed by atoms with E-state index in [1.807, 2.05) is 31.2 Å². The molecule has 3 aliphatic rings. The zero-order valence-electron chi connectivity index (χ0n) is 37.6. The van der Waals surface area contributed by atoms with E-state index in [-0.39, 0.29) is 17.7 Å². The van der Waals surface area contributed by atoms with Crippen LogP contribution >= 0.6 is 34.4 Å². The van der Waals surface area contributed by atoms with Crippen LogP contribution in [0.1, 0.15) is 60.4 Å². The summed E-state index contributed by atoms with van der Waals surface area (Å²) in [5.74, 6) is 0.890. The Hall–Kier alpha value is -4.99. The summed E-state index contributed by atoms with van der Waals surface area (Å²) in [6.07, 6.45) is 6.64. The molecule has 1 unspecified atom stereocenters. The number of nitrogens with one attached hydrogen (secondary N) is 3. The van der Waals surface area contributed by atoms with E-state index in [0.717, 1.165) is 120 Å². The third kappa shape index (κ3) is 9.93. The van der Waals surface area contributed by atoms with Gasteiger partial charge in [0.2, 0.25) is 17.8 Å². The first-order valence-electron chi connectivity index (χ1n) is 22.5. The Balaban J connectivity index is 0.799. The van der Waals surface area contributed by atoms with Crippen molar-refractivity contribution < 1.29 is 18.9 Å². The fourth-order valence-corrected chi connectivity index (χ4v) is 12.4. The largest absolute Gasteiger partial charge is 0.494 e. The van der Waals surface area contributed by atoms with Gasteiger partial charge in [0.25, 0.3) is 0 Å². The molecule has 17 heteroatoms. The maximum atomic E-state index is 13.7. The standard InChI is InChI=1S/C48H56BrN10O4PS/c1-6-31-26-38(54-48-50-28-35(49)45(56-48)52-37-12-11-36-33(9-7-29(2)51-36)44(37)64(4,5)62)41(63-3)27-40(31)59-19-16-32(17-20-59)58-23-21-57(22-24-58)18-15-30-8-13-42-39(25-30)53-47(65-42)34-10-14-43(60)55-46(34)61/h7-9,11-13,25-28,32,34H,6,10,14-24H2,1-5H3,(H,55,60,61)(H2,50,52,54,56). The first kappa shape index (κ1) is 45.2. The maximum Gasteiger partial charge on any atom is 0.236 e. The molecule has 2 amide bonds. The molecule has 3 N–H and O–H groups in total. The molecule has 340 valence electrons. The normalized spacial score (nSPS) is 18.1. The molecule has 9 rings (SSSR count). The van der Waals surface area contributed by atoms with Crippen LogP contribution < -0.4 is 30.9 Å². The van der Waals surface area contributed by atoms with Crippen LogP contribution in [0.3, 0.4) is 0 Å². The smallest absolute Gasteiger partial charge is 0.236 e. The third-order valence-corrected chi connectivity index (χ3v) is 16.3. The van der Waals surface area contributed by atoms with Crippen LogP contribution in [0.2, 0.25) is 0 Å². The molecule has 14 nitrogen and oxygen atoms in total. The van der Waals surface area contributed by atoms with Crippen molar-refractivity contribution in [1.29, 1.82) is 0 Å². The van der Waals surface area contributed by atoms with E-state index in [9.17, 15) is 14.2 Å². The number of piperidine rings is 2. The molecule has 0 bridgehead atoms. The number of aromatic nitrogens is 4. The summed E-state index contributed by atoms with van der Waals surface area (Å²) >= 11 is 5.19. The van der Waals surface area contributed by atoms with Gasteiger partial charge in [-0.25, -0.2) is 9.97 Å². The number of hydrogen-bond acceptors (Lipinski definition) is 14. The number of rotatable bonds is 13. The summed E-state index contributed by atoms with van der Waals surface area (Å²) in [5, 5.41) is 11.7. The van der Waals surface area contributed by atoms with Gasteiger partial charge in [-0.2, -0.15) is 4.98 Å². The Bertz CT molecular complexity index is 2820. The molecule has 3 saturated heterocycles. The number of ether oxygens (including phenoxy) is 1. The number of amides is 2. The molecular weight excluding hydrogens is 924 g/mol. The monoisotopic (exact) mass is 978 g/mol. The predicted molar refractivity (Wildman–Crippen MR) is 266 cm³/mol. The highest BCUT2D eigenvalue weighted by Crippen LogP contribution is 2.42. The van der Waals surface area contributed by atoms with Crippen molar-refractivity contribution in [2.24, 2.45) is 0 Å². The number of hydrogen-bond donors (Lipinski definition) is 3. The minimum absolute atomic E-state index is 0.200. The van der Waals surface area contributed by atoms with Crippen LogP contribution in [0, 0.1) is 6.92 Å². The lowest BCUT2D eigenvalue weighted by Gasteiger charge is -2.43. The first-order chi connectivity index (χ1) is 31.3. The molecule has 0 radical (unpaired) electrons. The van der Waals surface area contributed by atoms with Gasteiger partial charge < -0.3 is 29.7 Å². The molecule has 3 aliphatic heterocycles. The molecule has 0 aliphatic carbocycles. The summed E-state index contributed by atoms with van der Waals surface area (Å²) in [4.78, 5) is 50.8. The molecule has 6 heterocycles. The van der Waals surface area contributed by atoms with Crippen LogP contribution in [0.4, 0.5) is 28.8 Å². The number of benzene rings is 3. The van der Waals surface area contributed by atoms with Crippen molar-refractivity contribution in [2.75, 3.05) is 81.8 Å². The van der Waals surface area contributed by atoms with Crippen LogP contribution in [-0.4, -0.2) is 114 Å². The fourth-order valence-electron chi connectivity index (χ4n) is 9.53. The van der Waals surface area contributed by atoms with Crippen molar-refractivity contribution >= 4 is 101 Å². The number of thiazole rings is 1. The van der Waals surface area contributed by atoms with Gasteiger partial charge >= 0.3 is 0 Å². The fraction of sp³-hybridized carbons (Fsp3) is 0.417. The molecule has 0 spiro atoms. The average molecular weight is 980 g/mol. The Labute approximate surface area is 392 Å². The second-order valence-electron chi connectivity index (χ2n) is 17.7. The predicted octanol–water partition coefficient (Wildman–Crippen LogP) is 8.36. The van der Waals surface area contributed by atoms with Gasteiger partial charge in [-0.3, -0.25) is 24.8 Å². The highest BCUT2D eigenvalue weighted by Gasteiger charge is 2.32. The summed E-state index contributed by atoms with van der Waals surface area (Å²) < 4.78 is 21.4. The van der Waals surface area contributed by atoms with Crippen LogP contribution in [0.25, 0.3) is 21.1 Å². The number of aryl methyl sites for hydroxylation is 2.